The third kappa shape index (κ3) is 4.60. The van der Waals surface area contributed by atoms with Crippen LogP contribution in [0, 0.1) is 5.92 Å². The van der Waals surface area contributed by atoms with E-state index in [0.29, 0.717) is 17.9 Å². The first-order valence-electron chi connectivity index (χ1n) is 9.77. The van der Waals surface area contributed by atoms with Gasteiger partial charge in [-0.3, -0.25) is 4.79 Å². The highest BCUT2D eigenvalue weighted by Crippen LogP contribution is 2.28. The quantitative estimate of drug-likeness (QED) is 0.794. The first kappa shape index (κ1) is 17.5. The third-order valence-corrected chi connectivity index (χ3v) is 5.86. The topological polar surface area (TPSA) is 23.6 Å². The molecule has 1 aliphatic carbocycles. The van der Waals surface area contributed by atoms with E-state index in [-0.39, 0.29) is 0 Å². The number of rotatable bonds is 6. The lowest BCUT2D eigenvalue weighted by Gasteiger charge is -2.38. The maximum atomic E-state index is 12.7. The van der Waals surface area contributed by atoms with Gasteiger partial charge in [0.2, 0.25) is 5.91 Å². The molecule has 0 spiro atoms. The summed E-state index contributed by atoms with van der Waals surface area (Å²) < 4.78 is 0. The summed E-state index contributed by atoms with van der Waals surface area (Å²) >= 11 is 0. The number of aryl methyl sites for hydroxylation is 1. The minimum Gasteiger partial charge on any atom is -0.341 e. The van der Waals surface area contributed by atoms with Gasteiger partial charge in [0.1, 0.15) is 0 Å². The van der Waals surface area contributed by atoms with Crippen LogP contribution in [-0.4, -0.2) is 48.4 Å². The summed E-state index contributed by atoms with van der Waals surface area (Å²) in [5.74, 6) is 0.715. The van der Waals surface area contributed by atoms with Gasteiger partial charge in [0.15, 0.2) is 0 Å². The van der Waals surface area contributed by atoms with Crippen LogP contribution in [0.5, 0.6) is 0 Å². The van der Waals surface area contributed by atoms with Crippen molar-refractivity contribution in [2.45, 2.75) is 57.4 Å². The fraction of sp³-hybridized carbons (Fsp3) is 0.667. The standard InChI is InChI=1S/C21H32N2O/c1-22(21(24)19-12-5-6-13-19)20-14-8-16-23(17-20)15-7-11-18-9-3-2-4-10-18/h2-4,9-10,19-20H,5-8,11-17H2,1H3. The van der Waals surface area contributed by atoms with Gasteiger partial charge in [0, 0.05) is 25.6 Å². The van der Waals surface area contributed by atoms with E-state index in [4.69, 9.17) is 0 Å². The molecule has 24 heavy (non-hydrogen) atoms. The third-order valence-electron chi connectivity index (χ3n) is 5.86. The number of hydrogen-bond donors (Lipinski definition) is 0. The molecule has 1 unspecified atom stereocenters. The molecule has 0 aromatic heterocycles. The van der Waals surface area contributed by atoms with Gasteiger partial charge in [-0.05, 0) is 57.2 Å². The average molecular weight is 328 g/mol. The SMILES string of the molecule is CN(C(=O)C1CCCC1)C1CCCN(CCCc2ccccc2)C1. The molecule has 0 N–H and O–H groups in total. The van der Waals surface area contributed by atoms with Crippen molar-refractivity contribution in [3.8, 4) is 0 Å². The van der Waals surface area contributed by atoms with Crippen molar-refractivity contribution >= 4 is 5.91 Å². The van der Waals surface area contributed by atoms with Gasteiger partial charge in [-0.2, -0.15) is 0 Å². The highest BCUT2D eigenvalue weighted by atomic mass is 16.2. The molecular weight excluding hydrogens is 296 g/mol. The summed E-state index contributed by atoms with van der Waals surface area (Å²) in [6.07, 6.45) is 9.44. The van der Waals surface area contributed by atoms with E-state index in [1.165, 1.54) is 44.2 Å². The van der Waals surface area contributed by atoms with Crippen molar-refractivity contribution in [2.75, 3.05) is 26.7 Å². The molecule has 3 nitrogen and oxygen atoms in total. The number of likely N-dealkylation sites (tertiary alicyclic amines) is 1. The van der Waals surface area contributed by atoms with E-state index in [2.05, 4.69) is 40.1 Å². The molecule has 3 rings (SSSR count). The number of piperidine rings is 1. The zero-order chi connectivity index (χ0) is 16.8. The molecule has 2 fully saturated rings. The van der Waals surface area contributed by atoms with E-state index >= 15 is 0 Å². The van der Waals surface area contributed by atoms with Crippen molar-refractivity contribution in [3.63, 3.8) is 0 Å². The van der Waals surface area contributed by atoms with Gasteiger partial charge in [0.05, 0.1) is 0 Å². The highest BCUT2D eigenvalue weighted by Gasteiger charge is 2.31. The molecule has 0 bridgehead atoms. The zero-order valence-corrected chi connectivity index (χ0v) is 15.1. The molecule has 132 valence electrons. The van der Waals surface area contributed by atoms with Crippen LogP contribution in [0.2, 0.25) is 0 Å². The molecule has 1 amide bonds. The van der Waals surface area contributed by atoms with E-state index in [9.17, 15) is 4.79 Å². The Morgan fingerprint density at radius 1 is 1.12 bits per heavy atom. The molecule has 3 heteroatoms. The number of carbonyl (C=O) groups excluding carboxylic acids is 1. The van der Waals surface area contributed by atoms with Gasteiger partial charge in [-0.15, -0.1) is 0 Å². The maximum Gasteiger partial charge on any atom is 0.225 e. The number of carbonyl (C=O) groups is 1. The monoisotopic (exact) mass is 328 g/mol. The summed E-state index contributed by atoms with van der Waals surface area (Å²) in [5, 5.41) is 0. The van der Waals surface area contributed by atoms with Crippen LogP contribution in [-0.2, 0) is 11.2 Å². The molecule has 1 saturated heterocycles. The summed E-state index contributed by atoms with van der Waals surface area (Å²) in [6.45, 7) is 3.40. The first-order chi connectivity index (χ1) is 11.7. The van der Waals surface area contributed by atoms with Gasteiger partial charge >= 0.3 is 0 Å². The van der Waals surface area contributed by atoms with Crippen molar-refractivity contribution in [1.29, 1.82) is 0 Å². The normalized spacial score (nSPS) is 22.6. The Kier molecular flexibility index (Phi) is 6.30. The Balaban J connectivity index is 1.44. The zero-order valence-electron chi connectivity index (χ0n) is 15.1. The van der Waals surface area contributed by atoms with Crippen molar-refractivity contribution < 1.29 is 4.79 Å². The Bertz CT molecular complexity index is 510. The van der Waals surface area contributed by atoms with Crippen LogP contribution in [0.15, 0.2) is 30.3 Å². The molecule has 1 saturated carbocycles. The fourth-order valence-corrected chi connectivity index (χ4v) is 4.34. The summed E-state index contributed by atoms with van der Waals surface area (Å²) in [7, 11) is 2.04. The molecule has 1 heterocycles. The fourth-order valence-electron chi connectivity index (χ4n) is 4.34. The van der Waals surface area contributed by atoms with Crippen LogP contribution < -0.4 is 0 Å². The molecule has 0 radical (unpaired) electrons. The Morgan fingerprint density at radius 3 is 2.62 bits per heavy atom. The van der Waals surface area contributed by atoms with E-state index in [1.807, 2.05) is 7.05 Å². The lowest BCUT2D eigenvalue weighted by atomic mass is 10.0. The number of nitrogens with zero attached hydrogens (tertiary/aromatic N) is 2. The van der Waals surface area contributed by atoms with Gasteiger partial charge in [0.25, 0.3) is 0 Å². The number of likely N-dealkylation sites (N-methyl/N-ethyl adjacent to an activating group) is 1. The minimum absolute atomic E-state index is 0.309. The van der Waals surface area contributed by atoms with E-state index in [0.717, 1.165) is 32.4 Å². The number of benzene rings is 1. The van der Waals surface area contributed by atoms with Crippen LogP contribution in [0.25, 0.3) is 0 Å². The van der Waals surface area contributed by atoms with E-state index < -0.39 is 0 Å². The van der Waals surface area contributed by atoms with Crippen molar-refractivity contribution in [3.05, 3.63) is 35.9 Å². The molecule has 1 aromatic carbocycles. The van der Waals surface area contributed by atoms with Crippen molar-refractivity contribution in [2.24, 2.45) is 5.92 Å². The maximum absolute atomic E-state index is 12.7. The summed E-state index contributed by atoms with van der Waals surface area (Å²) in [5.41, 5.74) is 1.43. The second-order valence-corrected chi connectivity index (χ2v) is 7.62. The lowest BCUT2D eigenvalue weighted by Crippen LogP contribution is -2.50. The lowest BCUT2D eigenvalue weighted by molar-refractivity contribution is -0.137. The molecule has 2 aliphatic rings. The first-order valence-corrected chi connectivity index (χ1v) is 9.77. The van der Waals surface area contributed by atoms with Crippen LogP contribution in [0.4, 0.5) is 0 Å². The van der Waals surface area contributed by atoms with Gasteiger partial charge < -0.3 is 9.80 Å². The Labute approximate surface area is 147 Å². The minimum atomic E-state index is 0.309. The van der Waals surface area contributed by atoms with Gasteiger partial charge in [-0.1, -0.05) is 43.2 Å². The van der Waals surface area contributed by atoms with E-state index in [1.54, 1.807) is 0 Å². The Hall–Kier alpha value is -1.35. The Morgan fingerprint density at radius 2 is 1.88 bits per heavy atom. The van der Waals surface area contributed by atoms with Crippen LogP contribution >= 0.6 is 0 Å². The number of amides is 1. The average Bonchev–Trinajstić information content (AvgIpc) is 3.16. The smallest absolute Gasteiger partial charge is 0.225 e. The highest BCUT2D eigenvalue weighted by molar-refractivity contribution is 5.79. The second kappa shape index (κ2) is 8.66. The predicted molar refractivity (Wildman–Crippen MR) is 99.0 cm³/mol. The molecule has 1 atom stereocenters. The second-order valence-electron chi connectivity index (χ2n) is 7.62. The van der Waals surface area contributed by atoms with Crippen molar-refractivity contribution in [1.82, 2.24) is 9.80 Å². The summed E-state index contributed by atoms with van der Waals surface area (Å²) in [4.78, 5) is 17.3. The molecule has 1 aromatic rings. The van der Waals surface area contributed by atoms with Crippen LogP contribution in [0.3, 0.4) is 0 Å². The predicted octanol–water partition coefficient (Wildman–Crippen LogP) is 3.73. The molecule has 1 aliphatic heterocycles. The van der Waals surface area contributed by atoms with Crippen LogP contribution in [0.1, 0.15) is 50.5 Å². The largest absolute Gasteiger partial charge is 0.341 e. The summed E-state index contributed by atoms with van der Waals surface area (Å²) in [6, 6.07) is 11.2. The van der Waals surface area contributed by atoms with Gasteiger partial charge in [-0.25, -0.2) is 0 Å². The number of hydrogen-bond acceptors (Lipinski definition) is 2. The molecular formula is C21H32N2O.